The van der Waals surface area contributed by atoms with E-state index in [-0.39, 0.29) is 17.3 Å². The SMILES string of the molecule is C=CCn1c(SCC(=O)Nc2nc(-c3cccc([N+](=O)[O-])c3)cs2)nnc1C1CCCCC1. The molecule has 0 bridgehead atoms. The molecule has 1 aromatic carbocycles. The second kappa shape index (κ2) is 10.7. The fraction of sp³-hybridized carbons (Fsp3) is 0.364. The van der Waals surface area contributed by atoms with Gasteiger partial charge in [-0.25, -0.2) is 4.98 Å². The van der Waals surface area contributed by atoms with Crippen molar-refractivity contribution in [1.82, 2.24) is 19.7 Å². The quantitative estimate of drug-likeness (QED) is 0.190. The number of thiazole rings is 1. The second-order valence-electron chi connectivity index (χ2n) is 7.76. The number of amides is 1. The zero-order valence-electron chi connectivity index (χ0n) is 18.0. The normalized spacial score (nSPS) is 14.2. The van der Waals surface area contributed by atoms with Gasteiger partial charge in [0.25, 0.3) is 5.69 Å². The second-order valence-corrected chi connectivity index (χ2v) is 9.56. The van der Waals surface area contributed by atoms with Crippen LogP contribution in [0.1, 0.15) is 43.8 Å². The molecule has 1 amide bonds. The molecule has 11 heteroatoms. The molecule has 3 aromatic rings. The molecule has 0 saturated heterocycles. The van der Waals surface area contributed by atoms with Crippen LogP contribution in [0.5, 0.6) is 0 Å². The monoisotopic (exact) mass is 484 g/mol. The highest BCUT2D eigenvalue weighted by molar-refractivity contribution is 7.99. The maximum Gasteiger partial charge on any atom is 0.270 e. The maximum absolute atomic E-state index is 12.5. The molecule has 0 aliphatic heterocycles. The number of aromatic nitrogens is 4. The number of carbonyl (C=O) groups excluding carboxylic acids is 1. The number of nitrogens with one attached hydrogen (secondary N) is 1. The number of nitro groups is 1. The van der Waals surface area contributed by atoms with Gasteiger partial charge < -0.3 is 9.88 Å². The van der Waals surface area contributed by atoms with Crippen molar-refractivity contribution in [2.24, 2.45) is 0 Å². The maximum atomic E-state index is 12.5. The summed E-state index contributed by atoms with van der Waals surface area (Å²) in [5, 5.41) is 25.5. The Balaban J connectivity index is 1.38. The molecular weight excluding hydrogens is 460 g/mol. The molecule has 1 N–H and O–H groups in total. The zero-order valence-corrected chi connectivity index (χ0v) is 19.6. The van der Waals surface area contributed by atoms with Crippen LogP contribution >= 0.6 is 23.1 Å². The number of nitrogens with zero attached hydrogens (tertiary/aromatic N) is 5. The smallest absolute Gasteiger partial charge is 0.270 e. The van der Waals surface area contributed by atoms with Crippen LogP contribution in [0.4, 0.5) is 10.8 Å². The van der Waals surface area contributed by atoms with E-state index in [1.54, 1.807) is 17.5 Å². The van der Waals surface area contributed by atoms with Gasteiger partial charge in [-0.3, -0.25) is 14.9 Å². The van der Waals surface area contributed by atoms with Crippen LogP contribution in [0.3, 0.4) is 0 Å². The van der Waals surface area contributed by atoms with Gasteiger partial charge in [-0.05, 0) is 12.8 Å². The van der Waals surface area contributed by atoms with Crippen molar-refractivity contribution in [1.29, 1.82) is 0 Å². The predicted octanol–water partition coefficient (Wildman–Crippen LogP) is 5.27. The zero-order chi connectivity index (χ0) is 23.2. The minimum atomic E-state index is -0.444. The molecule has 4 rings (SSSR count). The summed E-state index contributed by atoms with van der Waals surface area (Å²) in [6.07, 6.45) is 7.76. The Labute approximate surface area is 199 Å². The fourth-order valence-electron chi connectivity index (χ4n) is 3.90. The van der Waals surface area contributed by atoms with Gasteiger partial charge in [0, 0.05) is 35.5 Å². The Hall–Kier alpha value is -3.05. The summed E-state index contributed by atoms with van der Waals surface area (Å²) in [7, 11) is 0. The summed E-state index contributed by atoms with van der Waals surface area (Å²) >= 11 is 2.61. The highest BCUT2D eigenvalue weighted by atomic mass is 32.2. The van der Waals surface area contributed by atoms with E-state index in [9.17, 15) is 14.9 Å². The van der Waals surface area contributed by atoms with Crippen molar-refractivity contribution in [3.05, 3.63) is 58.2 Å². The number of hydrogen-bond acceptors (Lipinski definition) is 8. The third-order valence-corrected chi connectivity index (χ3v) is 7.19. The number of non-ortho nitro benzene ring substituents is 1. The number of rotatable bonds is 9. The Kier molecular flexibility index (Phi) is 7.50. The van der Waals surface area contributed by atoms with Crippen LogP contribution in [0, 0.1) is 10.1 Å². The minimum absolute atomic E-state index is 0.00119. The van der Waals surface area contributed by atoms with E-state index in [0.29, 0.717) is 34.0 Å². The minimum Gasteiger partial charge on any atom is -0.302 e. The lowest BCUT2D eigenvalue weighted by Crippen LogP contribution is -2.15. The Morgan fingerprint density at radius 1 is 1.33 bits per heavy atom. The summed E-state index contributed by atoms with van der Waals surface area (Å²) in [5.41, 5.74) is 1.20. The first-order chi connectivity index (χ1) is 16.0. The first kappa shape index (κ1) is 23.1. The summed E-state index contributed by atoms with van der Waals surface area (Å²) in [6, 6.07) is 6.26. The van der Waals surface area contributed by atoms with Gasteiger partial charge in [-0.1, -0.05) is 49.2 Å². The van der Waals surface area contributed by atoms with E-state index in [1.165, 1.54) is 54.5 Å². The summed E-state index contributed by atoms with van der Waals surface area (Å²) in [5.74, 6) is 1.37. The number of carbonyl (C=O) groups is 1. The van der Waals surface area contributed by atoms with Crippen molar-refractivity contribution >= 4 is 39.8 Å². The van der Waals surface area contributed by atoms with Crippen molar-refractivity contribution in [3.8, 4) is 11.3 Å². The first-order valence-corrected chi connectivity index (χ1v) is 12.6. The lowest BCUT2D eigenvalue weighted by atomic mass is 9.89. The van der Waals surface area contributed by atoms with Crippen LogP contribution in [0.15, 0.2) is 47.5 Å². The van der Waals surface area contributed by atoms with Crippen LogP contribution in [-0.2, 0) is 11.3 Å². The Bertz CT molecular complexity index is 1150. The molecule has 172 valence electrons. The number of anilines is 1. The molecule has 9 nitrogen and oxygen atoms in total. The molecule has 1 aliphatic carbocycles. The number of nitro benzene ring substituents is 1. The summed E-state index contributed by atoms with van der Waals surface area (Å²) in [4.78, 5) is 27.5. The van der Waals surface area contributed by atoms with Gasteiger partial charge >= 0.3 is 0 Å². The Morgan fingerprint density at radius 3 is 2.91 bits per heavy atom. The van der Waals surface area contributed by atoms with Gasteiger partial charge in [-0.15, -0.1) is 28.1 Å². The topological polar surface area (TPSA) is 116 Å². The molecular formula is C22H24N6O3S2. The Morgan fingerprint density at radius 2 is 2.15 bits per heavy atom. The van der Waals surface area contributed by atoms with Gasteiger partial charge in [0.05, 0.1) is 16.4 Å². The molecule has 0 radical (unpaired) electrons. The third kappa shape index (κ3) is 5.66. The molecule has 0 unspecified atom stereocenters. The van der Waals surface area contributed by atoms with Crippen LogP contribution in [-0.4, -0.2) is 36.3 Å². The van der Waals surface area contributed by atoms with E-state index >= 15 is 0 Å². The standard InChI is InChI=1S/C22H24N6O3S2/c1-2-11-27-20(15-7-4-3-5-8-15)25-26-22(27)33-14-19(29)24-21-23-18(13-32-21)16-9-6-10-17(12-16)28(30)31/h2,6,9-10,12-13,15H,1,3-5,7-8,11,14H2,(H,23,24,29). The average Bonchev–Trinajstić information content (AvgIpc) is 3.46. The molecule has 0 atom stereocenters. The predicted molar refractivity (Wildman–Crippen MR) is 130 cm³/mol. The highest BCUT2D eigenvalue weighted by Gasteiger charge is 2.23. The fourth-order valence-corrected chi connectivity index (χ4v) is 5.39. The van der Waals surface area contributed by atoms with Crippen LogP contribution in [0.25, 0.3) is 11.3 Å². The lowest BCUT2D eigenvalue weighted by Gasteiger charge is -2.21. The van der Waals surface area contributed by atoms with Gasteiger partial charge in [0.15, 0.2) is 10.3 Å². The summed E-state index contributed by atoms with van der Waals surface area (Å²) in [6.45, 7) is 4.46. The molecule has 0 spiro atoms. The molecule has 2 heterocycles. The number of allylic oxidation sites excluding steroid dienone is 1. The highest BCUT2D eigenvalue weighted by Crippen LogP contribution is 2.33. The van der Waals surface area contributed by atoms with E-state index in [2.05, 4.69) is 31.6 Å². The summed E-state index contributed by atoms with van der Waals surface area (Å²) < 4.78 is 2.06. The van der Waals surface area contributed by atoms with Crippen LogP contribution < -0.4 is 5.32 Å². The average molecular weight is 485 g/mol. The van der Waals surface area contributed by atoms with Crippen LogP contribution in [0.2, 0.25) is 0 Å². The molecule has 1 fully saturated rings. The van der Waals surface area contributed by atoms with Gasteiger partial charge in [-0.2, -0.15) is 0 Å². The van der Waals surface area contributed by atoms with E-state index in [0.717, 1.165) is 18.7 Å². The van der Waals surface area contributed by atoms with E-state index < -0.39 is 4.92 Å². The van der Waals surface area contributed by atoms with Gasteiger partial charge in [0.1, 0.15) is 5.82 Å². The lowest BCUT2D eigenvalue weighted by molar-refractivity contribution is -0.384. The molecule has 33 heavy (non-hydrogen) atoms. The van der Waals surface area contributed by atoms with Gasteiger partial charge in [0.2, 0.25) is 5.91 Å². The van der Waals surface area contributed by atoms with Crippen molar-refractivity contribution < 1.29 is 9.72 Å². The van der Waals surface area contributed by atoms with Crippen molar-refractivity contribution in [2.45, 2.75) is 49.7 Å². The van der Waals surface area contributed by atoms with E-state index in [4.69, 9.17) is 0 Å². The van der Waals surface area contributed by atoms with Crippen molar-refractivity contribution in [2.75, 3.05) is 11.1 Å². The number of benzene rings is 1. The molecule has 1 saturated carbocycles. The van der Waals surface area contributed by atoms with E-state index in [1.807, 2.05) is 6.08 Å². The molecule has 1 aliphatic rings. The molecule has 2 aromatic heterocycles. The first-order valence-electron chi connectivity index (χ1n) is 10.7. The number of hydrogen-bond donors (Lipinski definition) is 1. The largest absolute Gasteiger partial charge is 0.302 e. The third-order valence-electron chi connectivity index (χ3n) is 5.46. The number of thioether (sulfide) groups is 1. The van der Waals surface area contributed by atoms with Crippen molar-refractivity contribution in [3.63, 3.8) is 0 Å².